The van der Waals surface area contributed by atoms with Crippen molar-refractivity contribution in [2.45, 2.75) is 45.5 Å². The smallest absolute Gasteiger partial charge is 0.445 e. The maximum absolute atomic E-state index is 13.7. The van der Waals surface area contributed by atoms with Crippen LogP contribution in [0, 0.1) is 5.82 Å². The minimum Gasteiger partial charge on any atom is -0.445 e. The van der Waals surface area contributed by atoms with Gasteiger partial charge >= 0.3 is 13.2 Å². The molecule has 1 aliphatic heterocycles. The van der Waals surface area contributed by atoms with E-state index in [-0.39, 0.29) is 6.61 Å². The molecule has 0 spiro atoms. The monoisotopic (exact) mass is 295 g/mol. The van der Waals surface area contributed by atoms with Gasteiger partial charge in [0, 0.05) is 0 Å². The summed E-state index contributed by atoms with van der Waals surface area (Å²) in [5.74, 6) is -0.453. The standard InChI is InChI=1S/C14H19BFNO4/c1-13(2)14(3,4)21-15(20-13)10-5-9(6-11(16)7-10)8-19-12(17)18/h5-7H,8H2,1-4H3,(H2,17,18). The van der Waals surface area contributed by atoms with E-state index in [1.807, 2.05) is 27.7 Å². The molecule has 2 rings (SSSR count). The van der Waals surface area contributed by atoms with Crippen LogP contribution in [0.2, 0.25) is 0 Å². The predicted molar refractivity (Wildman–Crippen MR) is 76.5 cm³/mol. The van der Waals surface area contributed by atoms with Gasteiger partial charge in [-0.2, -0.15) is 0 Å². The lowest BCUT2D eigenvalue weighted by Crippen LogP contribution is -2.41. The van der Waals surface area contributed by atoms with Crippen molar-refractivity contribution in [3.05, 3.63) is 29.6 Å². The molecule has 1 aromatic carbocycles. The van der Waals surface area contributed by atoms with Gasteiger partial charge in [-0.25, -0.2) is 9.18 Å². The number of primary amides is 1. The van der Waals surface area contributed by atoms with Gasteiger partial charge in [-0.3, -0.25) is 0 Å². The fourth-order valence-corrected chi connectivity index (χ4v) is 2.03. The highest BCUT2D eigenvalue weighted by atomic mass is 19.1. The van der Waals surface area contributed by atoms with E-state index >= 15 is 0 Å². The number of ether oxygens (including phenoxy) is 1. The summed E-state index contributed by atoms with van der Waals surface area (Å²) < 4.78 is 30.1. The Morgan fingerprint density at radius 3 is 2.33 bits per heavy atom. The van der Waals surface area contributed by atoms with Crippen molar-refractivity contribution in [1.29, 1.82) is 0 Å². The fourth-order valence-electron chi connectivity index (χ4n) is 2.03. The van der Waals surface area contributed by atoms with E-state index in [9.17, 15) is 9.18 Å². The van der Waals surface area contributed by atoms with Gasteiger partial charge in [0.2, 0.25) is 0 Å². The fraction of sp³-hybridized carbons (Fsp3) is 0.500. The highest BCUT2D eigenvalue weighted by Gasteiger charge is 2.51. The van der Waals surface area contributed by atoms with Crippen LogP contribution >= 0.6 is 0 Å². The number of hydrogen-bond donors (Lipinski definition) is 1. The molecule has 1 amide bonds. The van der Waals surface area contributed by atoms with Crippen molar-refractivity contribution in [2.75, 3.05) is 0 Å². The SMILES string of the molecule is CC1(C)OB(c2cc(F)cc(COC(N)=O)c2)OC1(C)C. The minimum atomic E-state index is -0.906. The van der Waals surface area contributed by atoms with Crippen LogP contribution in [0.1, 0.15) is 33.3 Å². The van der Waals surface area contributed by atoms with Crippen molar-refractivity contribution in [3.63, 3.8) is 0 Å². The van der Waals surface area contributed by atoms with Crippen LogP contribution in [0.25, 0.3) is 0 Å². The molecular weight excluding hydrogens is 276 g/mol. The molecule has 7 heteroatoms. The molecular formula is C14H19BFNO4. The Kier molecular flexibility index (Phi) is 3.99. The van der Waals surface area contributed by atoms with Crippen LogP contribution < -0.4 is 11.2 Å². The molecule has 1 fully saturated rings. The third-order valence-electron chi connectivity index (χ3n) is 3.89. The summed E-state index contributed by atoms with van der Waals surface area (Å²) in [5, 5.41) is 0. The second kappa shape index (κ2) is 5.31. The van der Waals surface area contributed by atoms with Crippen molar-refractivity contribution < 1.29 is 23.2 Å². The Morgan fingerprint density at radius 2 is 1.81 bits per heavy atom. The molecule has 0 atom stereocenters. The highest BCUT2D eigenvalue weighted by molar-refractivity contribution is 6.62. The molecule has 5 nitrogen and oxygen atoms in total. The van der Waals surface area contributed by atoms with Crippen LogP contribution in [0.3, 0.4) is 0 Å². The Morgan fingerprint density at radius 1 is 1.24 bits per heavy atom. The summed E-state index contributed by atoms with van der Waals surface area (Å²) in [6, 6.07) is 4.29. The molecule has 114 valence electrons. The van der Waals surface area contributed by atoms with E-state index in [1.165, 1.54) is 12.1 Å². The average Bonchev–Trinajstić information content (AvgIpc) is 2.55. The van der Waals surface area contributed by atoms with Crippen molar-refractivity contribution in [3.8, 4) is 0 Å². The number of rotatable bonds is 3. The Balaban J connectivity index is 2.23. The van der Waals surface area contributed by atoms with Gasteiger partial charge < -0.3 is 19.8 Å². The van der Waals surface area contributed by atoms with Crippen molar-refractivity contribution in [1.82, 2.24) is 0 Å². The lowest BCUT2D eigenvalue weighted by molar-refractivity contribution is 0.00578. The molecule has 0 saturated carbocycles. The number of halogens is 1. The summed E-state index contributed by atoms with van der Waals surface area (Å²) >= 11 is 0. The maximum atomic E-state index is 13.7. The number of hydrogen-bond acceptors (Lipinski definition) is 4. The van der Waals surface area contributed by atoms with E-state index in [0.717, 1.165) is 0 Å². The van der Waals surface area contributed by atoms with E-state index in [0.29, 0.717) is 11.0 Å². The van der Waals surface area contributed by atoms with Crippen molar-refractivity contribution in [2.24, 2.45) is 5.73 Å². The van der Waals surface area contributed by atoms with Crippen LogP contribution in [-0.4, -0.2) is 24.4 Å². The summed E-state index contributed by atoms with van der Waals surface area (Å²) in [7, 11) is -0.668. The van der Waals surface area contributed by atoms with E-state index in [4.69, 9.17) is 15.0 Å². The normalized spacial score (nSPS) is 19.6. The molecule has 0 aromatic heterocycles. The average molecular weight is 295 g/mol. The number of amides is 1. The third-order valence-corrected chi connectivity index (χ3v) is 3.89. The number of nitrogens with two attached hydrogens (primary N) is 1. The topological polar surface area (TPSA) is 70.8 Å². The zero-order valence-corrected chi connectivity index (χ0v) is 12.6. The molecule has 1 heterocycles. The van der Waals surface area contributed by atoms with Gasteiger partial charge in [-0.1, -0.05) is 6.07 Å². The maximum Gasteiger partial charge on any atom is 0.494 e. The molecule has 21 heavy (non-hydrogen) atoms. The van der Waals surface area contributed by atoms with E-state index in [1.54, 1.807) is 6.07 Å². The summed E-state index contributed by atoms with van der Waals surface area (Å²) in [6.45, 7) is 7.58. The van der Waals surface area contributed by atoms with Crippen LogP contribution in [0.5, 0.6) is 0 Å². The van der Waals surface area contributed by atoms with Gasteiger partial charge in [0.25, 0.3) is 0 Å². The highest BCUT2D eigenvalue weighted by Crippen LogP contribution is 2.36. The number of carbonyl (C=O) groups excluding carboxylic acids is 1. The minimum absolute atomic E-state index is 0.0976. The van der Waals surface area contributed by atoms with Gasteiger partial charge in [-0.05, 0) is 50.9 Å². The summed E-state index contributed by atoms with van der Waals surface area (Å²) in [4.78, 5) is 10.6. The molecule has 1 aromatic rings. The molecule has 2 N–H and O–H groups in total. The first-order valence-corrected chi connectivity index (χ1v) is 6.68. The number of carbonyl (C=O) groups is 1. The zero-order chi connectivity index (χ0) is 15.8. The van der Waals surface area contributed by atoms with Crippen LogP contribution in [0.4, 0.5) is 9.18 Å². The zero-order valence-electron chi connectivity index (χ0n) is 12.6. The Labute approximate surface area is 123 Å². The molecule has 0 radical (unpaired) electrons. The molecule has 0 aliphatic carbocycles. The molecule has 1 aliphatic rings. The van der Waals surface area contributed by atoms with Gasteiger partial charge in [0.1, 0.15) is 12.4 Å². The Bertz CT molecular complexity index is 546. The van der Waals surface area contributed by atoms with E-state index < -0.39 is 30.2 Å². The van der Waals surface area contributed by atoms with Gasteiger partial charge in [0.15, 0.2) is 0 Å². The lowest BCUT2D eigenvalue weighted by atomic mass is 9.78. The van der Waals surface area contributed by atoms with Crippen molar-refractivity contribution >= 4 is 18.7 Å². The van der Waals surface area contributed by atoms with Gasteiger partial charge in [-0.15, -0.1) is 0 Å². The molecule has 0 unspecified atom stereocenters. The summed E-state index contributed by atoms with van der Waals surface area (Å²) in [6.07, 6.45) is -0.906. The Hall–Kier alpha value is -1.60. The largest absolute Gasteiger partial charge is 0.494 e. The molecule has 0 bridgehead atoms. The predicted octanol–water partition coefficient (Wildman–Crippen LogP) is 1.72. The third kappa shape index (κ3) is 3.36. The second-order valence-electron chi connectivity index (χ2n) is 6.09. The first-order valence-electron chi connectivity index (χ1n) is 6.68. The molecule has 1 saturated heterocycles. The first-order chi connectivity index (χ1) is 9.60. The lowest BCUT2D eigenvalue weighted by Gasteiger charge is -2.32. The van der Waals surface area contributed by atoms with Crippen LogP contribution in [-0.2, 0) is 20.7 Å². The summed E-state index contributed by atoms with van der Waals surface area (Å²) in [5.41, 5.74) is 4.92. The second-order valence-corrected chi connectivity index (χ2v) is 6.09. The number of benzene rings is 1. The quantitative estimate of drug-likeness (QED) is 0.862. The van der Waals surface area contributed by atoms with Crippen LogP contribution in [0.15, 0.2) is 18.2 Å². The van der Waals surface area contributed by atoms with Gasteiger partial charge in [0.05, 0.1) is 11.2 Å². The first kappa shape index (κ1) is 15.8. The van der Waals surface area contributed by atoms with E-state index in [2.05, 4.69) is 4.74 Å².